The molecular formula is C27H38F3N3O4. The molecule has 2 unspecified atom stereocenters. The molecule has 3 fully saturated rings. The summed E-state index contributed by atoms with van der Waals surface area (Å²) in [5.41, 5.74) is 1.21. The van der Waals surface area contributed by atoms with Crippen molar-refractivity contribution < 1.29 is 32.7 Å². The van der Waals surface area contributed by atoms with Gasteiger partial charge in [-0.25, -0.2) is 4.79 Å². The van der Waals surface area contributed by atoms with Crippen LogP contribution in [0.3, 0.4) is 0 Å². The van der Waals surface area contributed by atoms with E-state index in [1.807, 2.05) is 19.9 Å². The predicted octanol–water partition coefficient (Wildman–Crippen LogP) is 4.10. The second-order valence-electron chi connectivity index (χ2n) is 10.7. The number of hydrogen-bond acceptors (Lipinski definition) is 4. The first kappa shape index (κ1) is 28.9. The minimum absolute atomic E-state index is 0.0822. The molecule has 206 valence electrons. The van der Waals surface area contributed by atoms with E-state index in [1.54, 1.807) is 0 Å². The summed E-state index contributed by atoms with van der Waals surface area (Å²) < 4.78 is 31.7. The molecule has 2 amide bonds. The van der Waals surface area contributed by atoms with E-state index in [-0.39, 0.29) is 23.8 Å². The van der Waals surface area contributed by atoms with Crippen molar-refractivity contribution in [1.82, 2.24) is 15.1 Å². The zero-order valence-corrected chi connectivity index (χ0v) is 21.5. The SMILES string of the molecule is CC(C)C(=O)N1CC2CN(CCC(NC(=O)C3CCCC3)c3ccccc3)C[C@H]2C1.O=C(O)C(F)(F)F. The highest BCUT2D eigenvalue weighted by Crippen LogP contribution is 2.33. The van der Waals surface area contributed by atoms with Crippen molar-refractivity contribution in [2.45, 2.75) is 58.2 Å². The number of aliphatic carboxylic acids is 1. The van der Waals surface area contributed by atoms with E-state index in [0.29, 0.717) is 17.7 Å². The molecule has 0 spiro atoms. The fourth-order valence-corrected chi connectivity index (χ4v) is 5.61. The Bertz CT molecular complexity index is 905. The van der Waals surface area contributed by atoms with E-state index in [1.165, 1.54) is 18.4 Å². The molecule has 2 aliphatic heterocycles. The van der Waals surface area contributed by atoms with E-state index >= 15 is 0 Å². The minimum atomic E-state index is -5.08. The lowest BCUT2D eigenvalue weighted by molar-refractivity contribution is -0.192. The Balaban J connectivity index is 0.000000479. The van der Waals surface area contributed by atoms with E-state index in [2.05, 4.69) is 39.4 Å². The summed E-state index contributed by atoms with van der Waals surface area (Å²) in [7, 11) is 0. The molecule has 4 rings (SSSR count). The van der Waals surface area contributed by atoms with Crippen LogP contribution in [0.15, 0.2) is 30.3 Å². The smallest absolute Gasteiger partial charge is 0.475 e. The van der Waals surface area contributed by atoms with E-state index in [0.717, 1.165) is 52.0 Å². The number of fused-ring (bicyclic) bond motifs is 1. The van der Waals surface area contributed by atoms with Crippen LogP contribution in [0.2, 0.25) is 0 Å². The number of carboxylic acids is 1. The largest absolute Gasteiger partial charge is 0.490 e. The van der Waals surface area contributed by atoms with E-state index in [4.69, 9.17) is 9.90 Å². The van der Waals surface area contributed by atoms with Gasteiger partial charge in [0.15, 0.2) is 0 Å². The Morgan fingerprint density at radius 3 is 2.03 bits per heavy atom. The average molecular weight is 526 g/mol. The van der Waals surface area contributed by atoms with Gasteiger partial charge in [0.05, 0.1) is 6.04 Å². The van der Waals surface area contributed by atoms with Crippen molar-refractivity contribution in [2.75, 3.05) is 32.7 Å². The van der Waals surface area contributed by atoms with Crippen LogP contribution in [0.5, 0.6) is 0 Å². The molecule has 1 saturated carbocycles. The number of carbonyl (C=O) groups is 3. The quantitative estimate of drug-likeness (QED) is 0.560. The van der Waals surface area contributed by atoms with Gasteiger partial charge in [-0.05, 0) is 36.7 Å². The number of amides is 2. The highest BCUT2D eigenvalue weighted by atomic mass is 19.4. The molecule has 2 saturated heterocycles. The van der Waals surface area contributed by atoms with Gasteiger partial charge in [-0.2, -0.15) is 13.2 Å². The number of halogens is 3. The number of carbonyl (C=O) groups excluding carboxylic acids is 2. The summed E-state index contributed by atoms with van der Waals surface area (Å²) in [4.78, 5) is 38.6. The van der Waals surface area contributed by atoms with E-state index < -0.39 is 12.1 Å². The van der Waals surface area contributed by atoms with Crippen LogP contribution in [0.25, 0.3) is 0 Å². The van der Waals surface area contributed by atoms with Gasteiger partial charge in [-0.1, -0.05) is 57.0 Å². The number of rotatable bonds is 7. The maximum Gasteiger partial charge on any atom is 0.490 e. The van der Waals surface area contributed by atoms with Crippen LogP contribution in [-0.4, -0.2) is 71.6 Å². The van der Waals surface area contributed by atoms with Crippen molar-refractivity contribution in [3.05, 3.63) is 35.9 Å². The maximum absolute atomic E-state index is 12.8. The fraction of sp³-hybridized carbons (Fsp3) is 0.667. The minimum Gasteiger partial charge on any atom is -0.475 e. The van der Waals surface area contributed by atoms with Crippen LogP contribution in [0.4, 0.5) is 13.2 Å². The van der Waals surface area contributed by atoms with Gasteiger partial charge in [0.2, 0.25) is 11.8 Å². The van der Waals surface area contributed by atoms with Crippen LogP contribution in [-0.2, 0) is 14.4 Å². The average Bonchev–Trinajstić information content (AvgIpc) is 3.58. The Kier molecular flexibility index (Phi) is 9.98. The molecule has 0 bridgehead atoms. The molecule has 3 atom stereocenters. The van der Waals surface area contributed by atoms with Gasteiger partial charge >= 0.3 is 12.1 Å². The third-order valence-electron chi connectivity index (χ3n) is 7.59. The number of carboxylic acid groups (broad SMARTS) is 1. The van der Waals surface area contributed by atoms with Crippen molar-refractivity contribution >= 4 is 17.8 Å². The number of benzene rings is 1. The highest BCUT2D eigenvalue weighted by Gasteiger charge is 2.42. The van der Waals surface area contributed by atoms with Gasteiger partial charge in [0.1, 0.15) is 0 Å². The standard InChI is InChI=1S/C25H37N3O2.C2HF3O2/c1-18(2)25(30)28-16-21-14-27(15-22(21)17-28)13-12-23(19-8-4-3-5-9-19)26-24(29)20-10-6-7-11-20;3-2(4,5)1(6)7/h3-5,8-9,18,20-23H,6-7,10-17H2,1-2H3,(H,26,29);(H,6,7)/t21-,22?,23?;/m0./s1. The lowest BCUT2D eigenvalue weighted by atomic mass is 10.0. The Morgan fingerprint density at radius 2 is 1.54 bits per heavy atom. The maximum atomic E-state index is 12.8. The molecule has 3 aliphatic rings. The van der Waals surface area contributed by atoms with E-state index in [9.17, 15) is 22.8 Å². The van der Waals surface area contributed by atoms with Gasteiger partial charge in [-0.15, -0.1) is 0 Å². The molecule has 0 radical (unpaired) electrons. The molecule has 1 aromatic rings. The first-order chi connectivity index (χ1) is 17.5. The normalized spacial score (nSPS) is 22.9. The van der Waals surface area contributed by atoms with Gasteiger partial charge in [-0.3, -0.25) is 9.59 Å². The molecule has 10 heteroatoms. The zero-order chi connectivity index (χ0) is 27.2. The van der Waals surface area contributed by atoms with Crippen LogP contribution in [0, 0.1) is 23.7 Å². The van der Waals surface area contributed by atoms with Gasteiger partial charge in [0, 0.05) is 44.6 Å². The summed E-state index contributed by atoms with van der Waals surface area (Å²) in [5.74, 6) is -0.710. The zero-order valence-electron chi connectivity index (χ0n) is 21.5. The lowest BCUT2D eigenvalue weighted by Gasteiger charge is -2.26. The molecule has 2 heterocycles. The summed E-state index contributed by atoms with van der Waals surface area (Å²) in [6.07, 6.45) is 0.293. The molecule has 0 aromatic heterocycles. The van der Waals surface area contributed by atoms with Crippen LogP contribution >= 0.6 is 0 Å². The number of likely N-dealkylation sites (tertiary alicyclic amines) is 2. The van der Waals surface area contributed by atoms with Crippen molar-refractivity contribution in [2.24, 2.45) is 23.7 Å². The molecule has 37 heavy (non-hydrogen) atoms. The van der Waals surface area contributed by atoms with Crippen molar-refractivity contribution in [3.63, 3.8) is 0 Å². The Hall–Kier alpha value is -2.62. The van der Waals surface area contributed by atoms with Gasteiger partial charge < -0.3 is 20.2 Å². The molecule has 7 nitrogen and oxygen atoms in total. The predicted molar refractivity (Wildman–Crippen MR) is 132 cm³/mol. The number of alkyl halides is 3. The second kappa shape index (κ2) is 12.8. The third kappa shape index (κ3) is 8.18. The number of nitrogens with zero attached hydrogens (tertiary/aromatic N) is 2. The number of hydrogen-bond donors (Lipinski definition) is 2. The first-order valence-electron chi connectivity index (χ1n) is 13.1. The monoisotopic (exact) mass is 525 g/mol. The fourth-order valence-electron chi connectivity index (χ4n) is 5.61. The van der Waals surface area contributed by atoms with Crippen molar-refractivity contribution in [1.29, 1.82) is 0 Å². The second-order valence-corrected chi connectivity index (χ2v) is 10.7. The topological polar surface area (TPSA) is 90.0 Å². The van der Waals surface area contributed by atoms with Crippen LogP contribution < -0.4 is 5.32 Å². The third-order valence-corrected chi connectivity index (χ3v) is 7.59. The highest BCUT2D eigenvalue weighted by molar-refractivity contribution is 5.79. The van der Waals surface area contributed by atoms with Crippen LogP contribution in [0.1, 0.15) is 57.6 Å². The summed E-state index contributed by atoms with van der Waals surface area (Å²) in [6.45, 7) is 8.96. The lowest BCUT2D eigenvalue weighted by Crippen LogP contribution is -2.37. The first-order valence-corrected chi connectivity index (χ1v) is 13.1. The summed E-state index contributed by atoms with van der Waals surface area (Å²) in [6, 6.07) is 10.5. The van der Waals surface area contributed by atoms with Gasteiger partial charge in [0.25, 0.3) is 0 Å². The Labute approximate surface area is 216 Å². The summed E-state index contributed by atoms with van der Waals surface area (Å²) in [5, 5.41) is 10.5. The molecule has 1 aliphatic carbocycles. The molecule has 1 aromatic carbocycles. The number of nitrogens with one attached hydrogen (secondary N) is 1. The summed E-state index contributed by atoms with van der Waals surface area (Å²) >= 11 is 0. The Morgan fingerprint density at radius 1 is 1.00 bits per heavy atom. The molecule has 2 N–H and O–H groups in total. The van der Waals surface area contributed by atoms with Crippen molar-refractivity contribution in [3.8, 4) is 0 Å². The molecular weight excluding hydrogens is 487 g/mol.